The van der Waals surface area contributed by atoms with Gasteiger partial charge < -0.3 is 5.32 Å². The molecule has 0 fully saturated rings. The molecule has 0 radical (unpaired) electrons. The number of nitrogens with one attached hydrogen (secondary N) is 2. The lowest BCUT2D eigenvalue weighted by molar-refractivity contribution is -0.114. The van der Waals surface area contributed by atoms with E-state index in [4.69, 9.17) is 11.6 Å². The maximum absolute atomic E-state index is 12.4. The van der Waals surface area contributed by atoms with E-state index in [1.54, 1.807) is 0 Å². The molecule has 0 atom stereocenters. The molecule has 0 heterocycles. The SMILES string of the molecule is CC(=O)Nc1ccc(S(=O)(=O)Nc2cccc(Cl)c2C=O)cc1. The summed E-state index contributed by atoms with van der Waals surface area (Å²) in [6.45, 7) is 1.35. The normalized spacial score (nSPS) is 10.9. The van der Waals surface area contributed by atoms with Crippen LogP contribution in [0.1, 0.15) is 17.3 Å². The van der Waals surface area contributed by atoms with Crippen LogP contribution in [0.5, 0.6) is 0 Å². The Kier molecular flexibility index (Phi) is 5.02. The zero-order valence-electron chi connectivity index (χ0n) is 12.0. The van der Waals surface area contributed by atoms with Crippen molar-refractivity contribution in [1.29, 1.82) is 0 Å². The molecule has 8 heteroatoms. The van der Waals surface area contributed by atoms with Crippen LogP contribution in [0.25, 0.3) is 0 Å². The number of hydrogen-bond acceptors (Lipinski definition) is 4. The van der Waals surface area contributed by atoms with Crippen molar-refractivity contribution in [3.63, 3.8) is 0 Å². The van der Waals surface area contributed by atoms with Gasteiger partial charge in [0.15, 0.2) is 6.29 Å². The monoisotopic (exact) mass is 352 g/mol. The van der Waals surface area contributed by atoms with Gasteiger partial charge in [-0.2, -0.15) is 0 Å². The van der Waals surface area contributed by atoms with Gasteiger partial charge in [0.1, 0.15) is 0 Å². The third kappa shape index (κ3) is 4.08. The molecule has 0 aromatic heterocycles. The largest absolute Gasteiger partial charge is 0.326 e. The second-order valence-corrected chi connectivity index (χ2v) is 6.72. The van der Waals surface area contributed by atoms with Gasteiger partial charge in [-0.1, -0.05) is 17.7 Å². The van der Waals surface area contributed by atoms with Crippen molar-refractivity contribution in [3.05, 3.63) is 53.1 Å². The molecule has 6 nitrogen and oxygen atoms in total. The minimum absolute atomic E-state index is 0.0107. The Morgan fingerprint density at radius 1 is 1.13 bits per heavy atom. The van der Waals surface area contributed by atoms with Crippen LogP contribution in [0.4, 0.5) is 11.4 Å². The molecular formula is C15H13ClN2O4S. The van der Waals surface area contributed by atoms with Crippen molar-refractivity contribution >= 4 is 45.2 Å². The van der Waals surface area contributed by atoms with Gasteiger partial charge in [-0.3, -0.25) is 14.3 Å². The van der Waals surface area contributed by atoms with E-state index in [1.165, 1.54) is 49.4 Å². The molecule has 0 saturated heterocycles. The zero-order valence-corrected chi connectivity index (χ0v) is 13.6. The Labute approximate surface area is 138 Å². The van der Waals surface area contributed by atoms with Crippen LogP contribution < -0.4 is 10.0 Å². The van der Waals surface area contributed by atoms with Gasteiger partial charge in [0.05, 0.1) is 21.2 Å². The van der Waals surface area contributed by atoms with Crippen LogP contribution >= 0.6 is 11.6 Å². The molecule has 120 valence electrons. The summed E-state index contributed by atoms with van der Waals surface area (Å²) in [5.74, 6) is -0.256. The first-order chi connectivity index (χ1) is 10.8. The van der Waals surface area contributed by atoms with Crippen molar-refractivity contribution < 1.29 is 18.0 Å². The highest BCUT2D eigenvalue weighted by Gasteiger charge is 2.17. The molecule has 0 aliphatic carbocycles. The van der Waals surface area contributed by atoms with E-state index in [2.05, 4.69) is 10.0 Å². The first kappa shape index (κ1) is 17.0. The van der Waals surface area contributed by atoms with Gasteiger partial charge in [0.25, 0.3) is 10.0 Å². The molecule has 0 bridgehead atoms. The summed E-state index contributed by atoms with van der Waals surface area (Å²) >= 11 is 5.87. The van der Waals surface area contributed by atoms with Crippen LogP contribution in [0.2, 0.25) is 5.02 Å². The number of carbonyl (C=O) groups excluding carboxylic acids is 2. The van der Waals surface area contributed by atoms with Gasteiger partial charge in [0, 0.05) is 12.6 Å². The predicted molar refractivity (Wildman–Crippen MR) is 88.4 cm³/mol. The first-order valence-electron chi connectivity index (χ1n) is 6.47. The van der Waals surface area contributed by atoms with Gasteiger partial charge >= 0.3 is 0 Å². The van der Waals surface area contributed by atoms with Crippen LogP contribution in [-0.4, -0.2) is 20.6 Å². The van der Waals surface area contributed by atoms with Gasteiger partial charge in [-0.15, -0.1) is 0 Å². The van der Waals surface area contributed by atoms with Gasteiger partial charge in [-0.05, 0) is 36.4 Å². The van der Waals surface area contributed by atoms with E-state index in [0.29, 0.717) is 12.0 Å². The second-order valence-electron chi connectivity index (χ2n) is 4.63. The molecule has 2 N–H and O–H groups in total. The number of aldehydes is 1. The Morgan fingerprint density at radius 3 is 2.35 bits per heavy atom. The van der Waals surface area contributed by atoms with E-state index in [1.807, 2.05) is 0 Å². The predicted octanol–water partition coefficient (Wildman–Crippen LogP) is 2.91. The molecule has 0 unspecified atom stereocenters. The maximum Gasteiger partial charge on any atom is 0.261 e. The molecule has 23 heavy (non-hydrogen) atoms. The lowest BCUT2D eigenvalue weighted by Gasteiger charge is -2.11. The highest BCUT2D eigenvalue weighted by atomic mass is 35.5. The minimum Gasteiger partial charge on any atom is -0.326 e. The summed E-state index contributed by atoms with van der Waals surface area (Å²) in [4.78, 5) is 22.0. The minimum atomic E-state index is -3.89. The van der Waals surface area contributed by atoms with Crippen molar-refractivity contribution in [2.75, 3.05) is 10.0 Å². The van der Waals surface area contributed by atoms with Crippen LogP contribution in [0.15, 0.2) is 47.4 Å². The third-order valence-corrected chi connectivity index (χ3v) is 4.61. The average molecular weight is 353 g/mol. The van der Waals surface area contributed by atoms with Crippen molar-refractivity contribution in [3.8, 4) is 0 Å². The Balaban J connectivity index is 2.31. The summed E-state index contributed by atoms with van der Waals surface area (Å²) in [6, 6.07) is 10.1. The molecule has 2 aromatic carbocycles. The lowest BCUT2D eigenvalue weighted by Crippen LogP contribution is -2.14. The molecular weight excluding hydrogens is 340 g/mol. The summed E-state index contributed by atoms with van der Waals surface area (Å²) < 4.78 is 27.0. The first-order valence-corrected chi connectivity index (χ1v) is 8.34. The number of hydrogen-bond donors (Lipinski definition) is 2. The lowest BCUT2D eigenvalue weighted by atomic mass is 10.2. The Morgan fingerprint density at radius 2 is 1.78 bits per heavy atom. The molecule has 1 amide bonds. The molecule has 0 aliphatic heterocycles. The van der Waals surface area contributed by atoms with E-state index in [0.717, 1.165) is 0 Å². The van der Waals surface area contributed by atoms with E-state index in [-0.39, 0.29) is 27.1 Å². The third-order valence-electron chi connectivity index (χ3n) is 2.90. The summed E-state index contributed by atoms with van der Waals surface area (Å²) in [6.07, 6.45) is 0.486. The maximum atomic E-state index is 12.4. The van der Waals surface area contributed by atoms with Gasteiger partial charge in [-0.25, -0.2) is 8.42 Å². The quantitative estimate of drug-likeness (QED) is 0.809. The molecule has 2 rings (SSSR count). The van der Waals surface area contributed by atoms with Crippen LogP contribution in [-0.2, 0) is 14.8 Å². The molecule has 0 aliphatic rings. The number of anilines is 2. The zero-order chi connectivity index (χ0) is 17.0. The number of halogens is 1. The highest BCUT2D eigenvalue weighted by molar-refractivity contribution is 7.92. The average Bonchev–Trinajstić information content (AvgIpc) is 2.47. The summed E-state index contributed by atoms with van der Waals surface area (Å²) in [5, 5.41) is 2.69. The fourth-order valence-corrected chi connectivity index (χ4v) is 3.17. The highest BCUT2D eigenvalue weighted by Crippen LogP contribution is 2.25. The topological polar surface area (TPSA) is 92.3 Å². The van der Waals surface area contributed by atoms with Crippen LogP contribution in [0.3, 0.4) is 0 Å². The van der Waals surface area contributed by atoms with E-state index in [9.17, 15) is 18.0 Å². The molecule has 2 aromatic rings. The summed E-state index contributed by atoms with van der Waals surface area (Å²) in [7, 11) is -3.89. The molecule has 0 spiro atoms. The van der Waals surface area contributed by atoms with Gasteiger partial charge in [0.2, 0.25) is 5.91 Å². The fraction of sp³-hybridized carbons (Fsp3) is 0.0667. The van der Waals surface area contributed by atoms with E-state index >= 15 is 0 Å². The number of sulfonamides is 1. The number of benzene rings is 2. The van der Waals surface area contributed by atoms with E-state index < -0.39 is 10.0 Å². The van der Waals surface area contributed by atoms with Crippen molar-refractivity contribution in [1.82, 2.24) is 0 Å². The smallest absolute Gasteiger partial charge is 0.261 e. The Hall–Kier alpha value is -2.38. The van der Waals surface area contributed by atoms with Crippen molar-refractivity contribution in [2.45, 2.75) is 11.8 Å². The Bertz CT molecular complexity index is 848. The van der Waals surface area contributed by atoms with Crippen LogP contribution in [0, 0.1) is 0 Å². The number of carbonyl (C=O) groups is 2. The summed E-state index contributed by atoms with van der Waals surface area (Å²) in [5.41, 5.74) is 0.638. The number of amides is 1. The second kappa shape index (κ2) is 6.80. The standard InChI is InChI=1S/C15H13ClN2O4S/c1-10(20)17-11-5-7-12(8-6-11)23(21,22)18-15-4-2-3-14(16)13(15)9-19/h2-9,18H,1H3,(H,17,20). The number of rotatable bonds is 5. The fourth-order valence-electron chi connectivity index (χ4n) is 1.87. The molecule has 0 saturated carbocycles. The van der Waals surface area contributed by atoms with Crippen molar-refractivity contribution in [2.24, 2.45) is 0 Å².